The standard InChI is InChI=1S/C22H21N5O3S/c1-14-7-8-18(15(2)11-14)31-21-20-25-27(22(29)26(20)10-9-23-21)13-19(28)24-16-5-4-6-17(12-16)30-3/h4-12H,13H2,1-3H3,(H,24,28). The molecule has 0 fully saturated rings. The lowest BCUT2D eigenvalue weighted by Gasteiger charge is -2.06. The first-order valence-electron chi connectivity index (χ1n) is 9.58. The number of nitrogens with zero attached hydrogens (tertiary/aromatic N) is 4. The molecule has 0 bridgehead atoms. The third-order valence-corrected chi connectivity index (χ3v) is 5.81. The Morgan fingerprint density at radius 3 is 2.81 bits per heavy atom. The molecule has 0 aliphatic carbocycles. The van der Waals surface area contributed by atoms with E-state index in [1.54, 1.807) is 43.8 Å². The van der Waals surface area contributed by atoms with Crippen molar-refractivity contribution >= 4 is 29.0 Å². The Morgan fingerprint density at radius 1 is 1.19 bits per heavy atom. The van der Waals surface area contributed by atoms with E-state index in [9.17, 15) is 9.59 Å². The number of rotatable bonds is 6. The lowest BCUT2D eigenvalue weighted by Crippen LogP contribution is -2.28. The number of methoxy groups -OCH3 is 1. The van der Waals surface area contributed by atoms with Gasteiger partial charge in [0, 0.05) is 29.0 Å². The molecule has 9 heteroatoms. The lowest BCUT2D eigenvalue weighted by atomic mass is 10.2. The van der Waals surface area contributed by atoms with Gasteiger partial charge in [-0.3, -0.25) is 4.79 Å². The summed E-state index contributed by atoms with van der Waals surface area (Å²) in [4.78, 5) is 30.7. The zero-order valence-corrected chi connectivity index (χ0v) is 18.1. The number of aromatic nitrogens is 4. The van der Waals surface area contributed by atoms with E-state index < -0.39 is 5.69 Å². The number of hydrogen-bond donors (Lipinski definition) is 1. The van der Waals surface area contributed by atoms with Gasteiger partial charge in [-0.15, -0.1) is 5.10 Å². The summed E-state index contributed by atoms with van der Waals surface area (Å²) in [5.41, 5.74) is 2.88. The monoisotopic (exact) mass is 435 g/mol. The van der Waals surface area contributed by atoms with E-state index in [4.69, 9.17) is 4.74 Å². The first-order valence-corrected chi connectivity index (χ1v) is 10.4. The van der Waals surface area contributed by atoms with E-state index in [0.717, 1.165) is 15.1 Å². The van der Waals surface area contributed by atoms with Crippen molar-refractivity contribution in [2.75, 3.05) is 12.4 Å². The highest BCUT2D eigenvalue weighted by Gasteiger charge is 2.16. The van der Waals surface area contributed by atoms with Crippen LogP contribution in [0.1, 0.15) is 11.1 Å². The van der Waals surface area contributed by atoms with Crippen molar-refractivity contribution in [3.05, 3.63) is 76.5 Å². The predicted molar refractivity (Wildman–Crippen MR) is 119 cm³/mol. The van der Waals surface area contributed by atoms with Gasteiger partial charge in [-0.1, -0.05) is 35.5 Å². The van der Waals surface area contributed by atoms with Crippen LogP contribution in [0.4, 0.5) is 5.69 Å². The molecule has 2 aromatic heterocycles. The summed E-state index contributed by atoms with van der Waals surface area (Å²) in [6.07, 6.45) is 3.11. The summed E-state index contributed by atoms with van der Waals surface area (Å²) in [5.74, 6) is 0.261. The van der Waals surface area contributed by atoms with Gasteiger partial charge in [0.2, 0.25) is 5.91 Å². The Morgan fingerprint density at radius 2 is 2.03 bits per heavy atom. The Labute approximate surface area is 182 Å². The van der Waals surface area contributed by atoms with E-state index in [1.807, 2.05) is 26.0 Å². The second-order valence-corrected chi connectivity index (χ2v) is 8.05. The van der Waals surface area contributed by atoms with Crippen LogP contribution in [0.25, 0.3) is 5.65 Å². The van der Waals surface area contributed by atoms with E-state index in [1.165, 1.54) is 21.7 Å². The molecule has 0 saturated carbocycles. The van der Waals surface area contributed by atoms with Crippen LogP contribution in [-0.4, -0.2) is 32.2 Å². The van der Waals surface area contributed by atoms with Gasteiger partial charge >= 0.3 is 5.69 Å². The topological polar surface area (TPSA) is 90.5 Å². The van der Waals surface area contributed by atoms with Crippen LogP contribution in [0.3, 0.4) is 0 Å². The lowest BCUT2D eigenvalue weighted by molar-refractivity contribution is -0.117. The molecule has 2 aromatic carbocycles. The van der Waals surface area contributed by atoms with Crippen LogP contribution < -0.4 is 15.7 Å². The molecule has 2 heterocycles. The number of nitrogens with one attached hydrogen (secondary N) is 1. The quantitative estimate of drug-likeness (QED) is 0.500. The molecular formula is C22H21N5O3S. The van der Waals surface area contributed by atoms with Gasteiger partial charge < -0.3 is 10.1 Å². The fraction of sp³-hybridized carbons (Fsp3) is 0.182. The molecule has 158 valence electrons. The molecule has 0 radical (unpaired) electrons. The van der Waals surface area contributed by atoms with E-state index >= 15 is 0 Å². The summed E-state index contributed by atoms with van der Waals surface area (Å²) in [5, 5.41) is 7.72. The Bertz CT molecular complexity index is 1330. The number of amides is 1. The van der Waals surface area contributed by atoms with Crippen molar-refractivity contribution in [2.45, 2.75) is 30.3 Å². The maximum atomic E-state index is 12.8. The summed E-state index contributed by atoms with van der Waals surface area (Å²) in [7, 11) is 1.55. The van der Waals surface area contributed by atoms with Crippen LogP contribution >= 0.6 is 11.8 Å². The van der Waals surface area contributed by atoms with Gasteiger partial charge in [-0.25, -0.2) is 18.9 Å². The molecule has 0 aliphatic rings. The number of carbonyl (C=O) groups is 1. The van der Waals surface area contributed by atoms with Gasteiger partial charge in [0.25, 0.3) is 0 Å². The zero-order chi connectivity index (χ0) is 22.0. The minimum absolute atomic E-state index is 0.217. The summed E-state index contributed by atoms with van der Waals surface area (Å²) in [6.45, 7) is 3.85. The van der Waals surface area contributed by atoms with E-state index in [0.29, 0.717) is 22.1 Å². The number of aryl methyl sites for hydroxylation is 2. The molecule has 1 N–H and O–H groups in total. The Hall–Kier alpha value is -3.59. The van der Waals surface area contributed by atoms with Gasteiger partial charge in [-0.2, -0.15) is 0 Å². The fourth-order valence-corrected chi connectivity index (χ4v) is 4.06. The highest BCUT2D eigenvalue weighted by atomic mass is 32.2. The smallest absolute Gasteiger partial charge is 0.350 e. The highest BCUT2D eigenvalue weighted by molar-refractivity contribution is 7.99. The Kier molecular flexibility index (Phi) is 5.77. The van der Waals surface area contributed by atoms with Gasteiger partial charge in [0.1, 0.15) is 17.3 Å². The third-order valence-electron chi connectivity index (χ3n) is 4.65. The van der Waals surface area contributed by atoms with Gasteiger partial charge in [0.15, 0.2) is 5.65 Å². The van der Waals surface area contributed by atoms with Crippen LogP contribution in [0.15, 0.2) is 69.6 Å². The molecule has 1 amide bonds. The minimum Gasteiger partial charge on any atom is -0.497 e. The van der Waals surface area contributed by atoms with Crippen LogP contribution in [0.2, 0.25) is 0 Å². The van der Waals surface area contributed by atoms with E-state index in [-0.39, 0.29) is 12.5 Å². The van der Waals surface area contributed by atoms with Gasteiger partial charge in [0.05, 0.1) is 7.11 Å². The summed E-state index contributed by atoms with van der Waals surface area (Å²) >= 11 is 1.44. The van der Waals surface area contributed by atoms with Crippen LogP contribution in [0.5, 0.6) is 5.75 Å². The number of carbonyl (C=O) groups excluding carboxylic acids is 1. The normalized spacial score (nSPS) is 10.9. The van der Waals surface area contributed by atoms with Crippen molar-refractivity contribution in [1.29, 1.82) is 0 Å². The average molecular weight is 436 g/mol. The SMILES string of the molecule is COc1cccc(NC(=O)Cn2nc3c(Sc4ccc(C)cc4C)nccn3c2=O)c1. The van der Waals surface area contributed by atoms with Crippen molar-refractivity contribution in [3.8, 4) is 5.75 Å². The average Bonchev–Trinajstić information content (AvgIpc) is 3.06. The molecule has 0 unspecified atom stereocenters. The number of hydrogen-bond acceptors (Lipinski definition) is 6. The summed E-state index contributed by atoms with van der Waals surface area (Å²) in [6, 6.07) is 13.1. The molecular weight excluding hydrogens is 414 g/mol. The first-order chi connectivity index (χ1) is 14.9. The molecule has 8 nitrogen and oxygen atoms in total. The summed E-state index contributed by atoms with van der Waals surface area (Å²) < 4.78 is 7.70. The molecule has 0 atom stereocenters. The van der Waals surface area contributed by atoms with E-state index in [2.05, 4.69) is 21.5 Å². The maximum absolute atomic E-state index is 12.8. The zero-order valence-electron chi connectivity index (χ0n) is 17.3. The van der Waals surface area contributed by atoms with Gasteiger partial charge in [-0.05, 0) is 37.6 Å². The molecule has 0 spiro atoms. The number of fused-ring (bicyclic) bond motifs is 1. The Balaban J connectivity index is 1.59. The number of ether oxygens (including phenoxy) is 1. The number of anilines is 1. The predicted octanol–water partition coefficient (Wildman–Crippen LogP) is 3.31. The second kappa shape index (κ2) is 8.65. The van der Waals surface area contributed by atoms with Crippen molar-refractivity contribution < 1.29 is 9.53 Å². The molecule has 4 aromatic rings. The highest BCUT2D eigenvalue weighted by Crippen LogP contribution is 2.31. The molecule has 0 aliphatic heterocycles. The molecule has 4 rings (SSSR count). The molecule has 0 saturated heterocycles. The van der Waals surface area contributed by atoms with Crippen LogP contribution in [-0.2, 0) is 11.3 Å². The van der Waals surface area contributed by atoms with Crippen molar-refractivity contribution in [3.63, 3.8) is 0 Å². The van der Waals surface area contributed by atoms with Crippen molar-refractivity contribution in [2.24, 2.45) is 0 Å². The second-order valence-electron chi connectivity index (χ2n) is 7.02. The fourth-order valence-electron chi connectivity index (χ4n) is 3.16. The largest absolute Gasteiger partial charge is 0.497 e. The van der Waals surface area contributed by atoms with Crippen LogP contribution in [0, 0.1) is 13.8 Å². The maximum Gasteiger partial charge on any atom is 0.350 e. The minimum atomic E-state index is -0.402. The number of benzene rings is 2. The van der Waals surface area contributed by atoms with Crippen molar-refractivity contribution in [1.82, 2.24) is 19.2 Å². The first kappa shape index (κ1) is 20.7. The molecule has 31 heavy (non-hydrogen) atoms. The third kappa shape index (κ3) is 4.46.